The number of hydrogen-bond acceptors (Lipinski definition) is 2. The molecule has 0 aliphatic rings. The molecular formula is C13H10BrFN2S. The van der Waals surface area contributed by atoms with Crippen molar-refractivity contribution in [2.75, 3.05) is 5.32 Å². The predicted octanol–water partition coefficient (Wildman–Crippen LogP) is 3.97. The van der Waals surface area contributed by atoms with Gasteiger partial charge in [0.1, 0.15) is 10.8 Å². The van der Waals surface area contributed by atoms with Crippen LogP contribution in [0.3, 0.4) is 0 Å². The molecule has 5 heteroatoms. The molecule has 0 fully saturated rings. The Bertz CT molecular complexity index is 581. The Morgan fingerprint density at radius 3 is 2.56 bits per heavy atom. The lowest BCUT2D eigenvalue weighted by Crippen LogP contribution is -2.12. The number of para-hydroxylation sites is 2. The molecule has 18 heavy (non-hydrogen) atoms. The van der Waals surface area contributed by atoms with Crippen molar-refractivity contribution < 1.29 is 4.39 Å². The third-order valence-electron chi connectivity index (χ3n) is 2.41. The molecule has 2 rings (SSSR count). The fourth-order valence-corrected chi connectivity index (χ4v) is 2.18. The summed E-state index contributed by atoms with van der Waals surface area (Å²) in [4.78, 5) is 0.269. The quantitative estimate of drug-likeness (QED) is 0.839. The third-order valence-corrected chi connectivity index (χ3v) is 3.30. The summed E-state index contributed by atoms with van der Waals surface area (Å²) in [6.45, 7) is 0. The van der Waals surface area contributed by atoms with E-state index in [0.29, 0.717) is 21.4 Å². The van der Waals surface area contributed by atoms with Crippen LogP contribution >= 0.6 is 28.1 Å². The van der Waals surface area contributed by atoms with Gasteiger partial charge in [0.15, 0.2) is 0 Å². The van der Waals surface area contributed by atoms with Crippen LogP contribution in [-0.2, 0) is 0 Å². The standard InChI is InChI=1S/C13H10BrFN2S/c14-9-5-3-6-10(15)12(9)17-11-7-2-1-4-8(11)13(16)18/h1-7,17H,(H2,16,18). The molecule has 2 nitrogen and oxygen atoms in total. The van der Waals surface area contributed by atoms with Crippen LogP contribution in [0.15, 0.2) is 46.9 Å². The number of halogens is 2. The van der Waals surface area contributed by atoms with Gasteiger partial charge in [0.2, 0.25) is 0 Å². The Kier molecular flexibility index (Phi) is 3.93. The Balaban J connectivity index is 2.43. The van der Waals surface area contributed by atoms with Gasteiger partial charge in [0, 0.05) is 15.7 Å². The van der Waals surface area contributed by atoms with Crippen LogP contribution in [0.5, 0.6) is 0 Å². The highest BCUT2D eigenvalue weighted by atomic mass is 79.9. The lowest BCUT2D eigenvalue weighted by Gasteiger charge is -2.13. The first kappa shape index (κ1) is 13.0. The minimum Gasteiger partial charge on any atom is -0.389 e. The molecular weight excluding hydrogens is 315 g/mol. The molecule has 0 radical (unpaired) electrons. The maximum absolute atomic E-state index is 13.7. The lowest BCUT2D eigenvalue weighted by atomic mass is 10.1. The second kappa shape index (κ2) is 5.46. The zero-order valence-corrected chi connectivity index (χ0v) is 11.7. The van der Waals surface area contributed by atoms with E-state index in [4.69, 9.17) is 18.0 Å². The van der Waals surface area contributed by atoms with Gasteiger partial charge < -0.3 is 11.1 Å². The molecule has 2 aromatic rings. The van der Waals surface area contributed by atoms with Crippen molar-refractivity contribution in [2.24, 2.45) is 5.73 Å². The first-order valence-corrected chi connectivity index (χ1v) is 6.39. The number of hydrogen-bond donors (Lipinski definition) is 2. The first-order chi connectivity index (χ1) is 8.59. The minimum absolute atomic E-state index is 0.269. The van der Waals surface area contributed by atoms with Crippen LogP contribution in [0.2, 0.25) is 0 Å². The zero-order chi connectivity index (χ0) is 13.1. The van der Waals surface area contributed by atoms with E-state index in [2.05, 4.69) is 21.2 Å². The molecule has 0 bridgehead atoms. The van der Waals surface area contributed by atoms with Crippen LogP contribution in [0.1, 0.15) is 5.56 Å². The molecule has 3 N–H and O–H groups in total. The van der Waals surface area contributed by atoms with Crippen molar-refractivity contribution in [1.82, 2.24) is 0 Å². The van der Waals surface area contributed by atoms with Gasteiger partial charge in [-0.15, -0.1) is 0 Å². The fourth-order valence-electron chi connectivity index (χ4n) is 1.56. The monoisotopic (exact) mass is 324 g/mol. The zero-order valence-electron chi connectivity index (χ0n) is 9.28. The van der Waals surface area contributed by atoms with Gasteiger partial charge in [0.25, 0.3) is 0 Å². The summed E-state index contributed by atoms with van der Waals surface area (Å²) in [5.74, 6) is -0.345. The van der Waals surface area contributed by atoms with Crippen molar-refractivity contribution >= 4 is 44.5 Å². The molecule has 0 heterocycles. The van der Waals surface area contributed by atoms with E-state index >= 15 is 0 Å². The van der Waals surface area contributed by atoms with Gasteiger partial charge in [-0.2, -0.15) is 0 Å². The average Bonchev–Trinajstić information content (AvgIpc) is 2.34. The van der Waals surface area contributed by atoms with Gasteiger partial charge in [-0.3, -0.25) is 0 Å². The summed E-state index contributed by atoms with van der Waals surface area (Å²) >= 11 is 8.26. The minimum atomic E-state index is -0.345. The highest BCUT2D eigenvalue weighted by Gasteiger charge is 2.10. The average molecular weight is 325 g/mol. The number of thiocarbonyl (C=S) groups is 1. The van der Waals surface area contributed by atoms with Crippen LogP contribution in [0.4, 0.5) is 15.8 Å². The van der Waals surface area contributed by atoms with E-state index < -0.39 is 0 Å². The molecule has 92 valence electrons. The van der Waals surface area contributed by atoms with Crippen molar-refractivity contribution in [3.63, 3.8) is 0 Å². The van der Waals surface area contributed by atoms with E-state index in [1.54, 1.807) is 24.3 Å². The molecule has 2 aromatic carbocycles. The molecule has 0 atom stereocenters. The summed E-state index contributed by atoms with van der Waals surface area (Å²) in [6, 6.07) is 12.0. The number of nitrogens with one attached hydrogen (secondary N) is 1. The molecule has 0 saturated carbocycles. The van der Waals surface area contributed by atoms with E-state index in [9.17, 15) is 4.39 Å². The van der Waals surface area contributed by atoms with Crippen LogP contribution < -0.4 is 11.1 Å². The van der Waals surface area contributed by atoms with E-state index in [-0.39, 0.29) is 10.8 Å². The molecule has 0 saturated heterocycles. The molecule has 0 amide bonds. The predicted molar refractivity (Wildman–Crippen MR) is 79.7 cm³/mol. The summed E-state index contributed by atoms with van der Waals surface area (Å²) < 4.78 is 14.4. The Morgan fingerprint density at radius 2 is 1.89 bits per heavy atom. The van der Waals surface area contributed by atoms with Gasteiger partial charge >= 0.3 is 0 Å². The van der Waals surface area contributed by atoms with Crippen molar-refractivity contribution in [2.45, 2.75) is 0 Å². The largest absolute Gasteiger partial charge is 0.389 e. The first-order valence-electron chi connectivity index (χ1n) is 5.19. The van der Waals surface area contributed by atoms with Crippen molar-refractivity contribution in [3.05, 3.63) is 58.3 Å². The van der Waals surface area contributed by atoms with Crippen LogP contribution in [0, 0.1) is 5.82 Å². The van der Waals surface area contributed by atoms with Gasteiger partial charge in [-0.25, -0.2) is 4.39 Å². The van der Waals surface area contributed by atoms with Crippen molar-refractivity contribution in [3.8, 4) is 0 Å². The topological polar surface area (TPSA) is 38.0 Å². The fraction of sp³-hybridized carbons (Fsp3) is 0. The normalized spacial score (nSPS) is 10.1. The maximum Gasteiger partial charge on any atom is 0.147 e. The highest BCUT2D eigenvalue weighted by Crippen LogP contribution is 2.29. The van der Waals surface area contributed by atoms with Crippen LogP contribution in [0.25, 0.3) is 0 Å². The van der Waals surface area contributed by atoms with E-state index in [1.807, 2.05) is 12.1 Å². The molecule has 0 spiro atoms. The summed E-state index contributed by atoms with van der Waals surface area (Å²) in [5, 5.41) is 3.00. The number of rotatable bonds is 3. The van der Waals surface area contributed by atoms with Gasteiger partial charge in [-0.1, -0.05) is 30.4 Å². The molecule has 0 aliphatic heterocycles. The Hall–Kier alpha value is -1.46. The smallest absolute Gasteiger partial charge is 0.147 e. The Labute approximate surface area is 118 Å². The summed E-state index contributed by atoms with van der Waals surface area (Å²) in [7, 11) is 0. The van der Waals surface area contributed by atoms with Crippen LogP contribution in [-0.4, -0.2) is 4.99 Å². The Morgan fingerprint density at radius 1 is 1.17 bits per heavy atom. The second-order valence-electron chi connectivity index (χ2n) is 3.63. The summed E-state index contributed by atoms with van der Waals surface area (Å²) in [5.41, 5.74) is 7.35. The SMILES string of the molecule is NC(=S)c1ccccc1Nc1c(F)cccc1Br. The van der Waals surface area contributed by atoms with E-state index in [1.165, 1.54) is 6.07 Å². The van der Waals surface area contributed by atoms with Gasteiger partial charge in [0.05, 0.1) is 5.69 Å². The van der Waals surface area contributed by atoms with Gasteiger partial charge in [-0.05, 0) is 40.2 Å². The number of nitrogens with two attached hydrogens (primary N) is 1. The number of anilines is 2. The molecule has 0 aliphatic carbocycles. The second-order valence-corrected chi connectivity index (χ2v) is 4.93. The summed E-state index contributed by atoms with van der Waals surface area (Å²) in [6.07, 6.45) is 0. The van der Waals surface area contributed by atoms with Crippen molar-refractivity contribution in [1.29, 1.82) is 0 Å². The molecule has 0 unspecified atom stereocenters. The van der Waals surface area contributed by atoms with E-state index in [0.717, 1.165) is 0 Å². The lowest BCUT2D eigenvalue weighted by molar-refractivity contribution is 0.631. The third kappa shape index (κ3) is 2.68. The maximum atomic E-state index is 13.7. The highest BCUT2D eigenvalue weighted by molar-refractivity contribution is 9.10. The number of benzene rings is 2. The molecule has 0 aromatic heterocycles.